The Morgan fingerprint density at radius 3 is 2.65 bits per heavy atom. The summed E-state index contributed by atoms with van der Waals surface area (Å²) in [5.74, 6) is -1.41. The van der Waals surface area contributed by atoms with E-state index >= 15 is 0 Å². The van der Waals surface area contributed by atoms with Crippen molar-refractivity contribution in [2.24, 2.45) is 0 Å². The van der Waals surface area contributed by atoms with Crippen LogP contribution in [0.1, 0.15) is 0 Å². The second-order valence-corrected chi connectivity index (χ2v) is 3.95. The molecule has 100 valence electrons. The van der Waals surface area contributed by atoms with E-state index in [1.165, 1.54) is 12.4 Å². The molecule has 0 spiro atoms. The van der Waals surface area contributed by atoms with Gasteiger partial charge in [0.05, 0.1) is 5.52 Å². The van der Waals surface area contributed by atoms with Gasteiger partial charge in [0.15, 0.2) is 17.5 Å². The molecular formula is C13H8F2N4O. The fourth-order valence-corrected chi connectivity index (χ4v) is 1.66. The van der Waals surface area contributed by atoms with E-state index in [2.05, 4.69) is 15.0 Å². The van der Waals surface area contributed by atoms with Gasteiger partial charge in [0, 0.05) is 12.1 Å². The maximum absolute atomic E-state index is 13.1. The van der Waals surface area contributed by atoms with Crippen LogP contribution in [-0.2, 0) is 0 Å². The highest BCUT2D eigenvalue weighted by molar-refractivity contribution is 5.83. The Hall–Kier alpha value is -2.83. The molecule has 0 aliphatic rings. The number of aromatic nitrogens is 3. The lowest BCUT2D eigenvalue weighted by atomic mass is 10.3. The molecule has 0 aliphatic heterocycles. The van der Waals surface area contributed by atoms with Crippen LogP contribution < -0.4 is 10.5 Å². The SMILES string of the molecule is Nc1ncnc2ccc(Oc3ccc(F)c(F)c3)nc12. The molecule has 20 heavy (non-hydrogen) atoms. The van der Waals surface area contributed by atoms with Gasteiger partial charge in [0.25, 0.3) is 0 Å². The largest absolute Gasteiger partial charge is 0.439 e. The number of hydrogen-bond donors (Lipinski definition) is 1. The zero-order valence-corrected chi connectivity index (χ0v) is 10.0. The first kappa shape index (κ1) is 12.2. The molecule has 0 bridgehead atoms. The molecule has 1 aromatic carbocycles. The Morgan fingerprint density at radius 1 is 1.00 bits per heavy atom. The van der Waals surface area contributed by atoms with Crippen molar-refractivity contribution in [2.45, 2.75) is 0 Å². The number of benzene rings is 1. The molecule has 0 fully saturated rings. The molecule has 2 heterocycles. The van der Waals surface area contributed by atoms with Crippen LogP contribution in [0.25, 0.3) is 11.0 Å². The van der Waals surface area contributed by atoms with Crippen LogP contribution >= 0.6 is 0 Å². The van der Waals surface area contributed by atoms with E-state index in [4.69, 9.17) is 10.5 Å². The van der Waals surface area contributed by atoms with Crippen LogP contribution in [0.4, 0.5) is 14.6 Å². The van der Waals surface area contributed by atoms with E-state index < -0.39 is 11.6 Å². The number of nitrogens with two attached hydrogens (primary N) is 1. The monoisotopic (exact) mass is 274 g/mol. The second kappa shape index (κ2) is 4.69. The van der Waals surface area contributed by atoms with Gasteiger partial charge in [0.1, 0.15) is 17.6 Å². The quantitative estimate of drug-likeness (QED) is 0.777. The Bertz CT molecular complexity index is 794. The summed E-state index contributed by atoms with van der Waals surface area (Å²) in [6.45, 7) is 0. The van der Waals surface area contributed by atoms with E-state index in [0.717, 1.165) is 12.1 Å². The summed E-state index contributed by atoms with van der Waals surface area (Å²) >= 11 is 0. The third kappa shape index (κ3) is 2.20. The molecule has 0 radical (unpaired) electrons. The van der Waals surface area contributed by atoms with E-state index in [0.29, 0.717) is 11.0 Å². The average Bonchev–Trinajstić information content (AvgIpc) is 2.44. The zero-order valence-electron chi connectivity index (χ0n) is 10.0. The van der Waals surface area contributed by atoms with Crippen molar-refractivity contribution >= 4 is 16.9 Å². The summed E-state index contributed by atoms with van der Waals surface area (Å²) in [4.78, 5) is 12.0. The molecular weight excluding hydrogens is 266 g/mol. The minimum Gasteiger partial charge on any atom is -0.439 e. The lowest BCUT2D eigenvalue weighted by Crippen LogP contribution is -1.97. The normalized spacial score (nSPS) is 10.7. The van der Waals surface area contributed by atoms with Crippen molar-refractivity contribution in [3.05, 3.63) is 48.3 Å². The number of fused-ring (bicyclic) bond motifs is 1. The lowest BCUT2D eigenvalue weighted by Gasteiger charge is -2.06. The van der Waals surface area contributed by atoms with Crippen molar-refractivity contribution in [2.75, 3.05) is 5.73 Å². The molecule has 5 nitrogen and oxygen atoms in total. The van der Waals surface area contributed by atoms with E-state index in [-0.39, 0.29) is 17.4 Å². The minimum atomic E-state index is -0.994. The van der Waals surface area contributed by atoms with Crippen LogP contribution in [0.15, 0.2) is 36.7 Å². The molecule has 0 atom stereocenters. The molecule has 0 amide bonds. The first-order chi connectivity index (χ1) is 9.63. The lowest BCUT2D eigenvalue weighted by molar-refractivity contribution is 0.449. The third-order valence-corrected chi connectivity index (χ3v) is 2.60. The van der Waals surface area contributed by atoms with E-state index in [1.54, 1.807) is 12.1 Å². The highest BCUT2D eigenvalue weighted by atomic mass is 19.2. The number of nitrogen functional groups attached to an aromatic ring is 1. The van der Waals surface area contributed by atoms with Gasteiger partial charge < -0.3 is 10.5 Å². The molecule has 3 aromatic rings. The van der Waals surface area contributed by atoms with Crippen molar-refractivity contribution in [3.8, 4) is 11.6 Å². The van der Waals surface area contributed by atoms with Crippen LogP contribution in [0, 0.1) is 11.6 Å². The van der Waals surface area contributed by atoms with Gasteiger partial charge in [-0.3, -0.25) is 0 Å². The summed E-state index contributed by atoms with van der Waals surface area (Å²) in [7, 11) is 0. The van der Waals surface area contributed by atoms with Gasteiger partial charge in [-0.05, 0) is 18.2 Å². The summed E-state index contributed by atoms with van der Waals surface area (Å²) in [6, 6.07) is 6.41. The highest BCUT2D eigenvalue weighted by Gasteiger charge is 2.07. The second-order valence-electron chi connectivity index (χ2n) is 3.95. The van der Waals surface area contributed by atoms with Crippen LogP contribution in [0.2, 0.25) is 0 Å². The fourth-order valence-electron chi connectivity index (χ4n) is 1.66. The smallest absolute Gasteiger partial charge is 0.220 e. The van der Waals surface area contributed by atoms with Crippen molar-refractivity contribution in [1.29, 1.82) is 0 Å². The predicted octanol–water partition coefficient (Wildman–Crippen LogP) is 2.68. The number of pyridine rings is 1. The third-order valence-electron chi connectivity index (χ3n) is 2.60. The number of hydrogen-bond acceptors (Lipinski definition) is 5. The van der Waals surface area contributed by atoms with Crippen LogP contribution in [-0.4, -0.2) is 15.0 Å². The molecule has 2 N–H and O–H groups in total. The Kier molecular flexibility index (Phi) is 2.86. The molecule has 0 unspecified atom stereocenters. The van der Waals surface area contributed by atoms with E-state index in [1.807, 2.05) is 0 Å². The zero-order chi connectivity index (χ0) is 14.1. The fraction of sp³-hybridized carbons (Fsp3) is 0. The van der Waals surface area contributed by atoms with Gasteiger partial charge in [-0.2, -0.15) is 0 Å². The first-order valence-electron chi connectivity index (χ1n) is 5.63. The number of ether oxygens (including phenoxy) is 1. The standard InChI is InChI=1S/C13H8F2N4O/c14-8-2-1-7(5-9(8)15)20-11-4-3-10-12(19-11)13(16)18-6-17-10/h1-6H,(H2,16,17,18). The summed E-state index contributed by atoms with van der Waals surface area (Å²) in [6.07, 6.45) is 1.33. The van der Waals surface area contributed by atoms with Crippen LogP contribution in [0.3, 0.4) is 0 Å². The number of anilines is 1. The Balaban J connectivity index is 1.98. The van der Waals surface area contributed by atoms with Crippen molar-refractivity contribution in [3.63, 3.8) is 0 Å². The van der Waals surface area contributed by atoms with Gasteiger partial charge >= 0.3 is 0 Å². The summed E-state index contributed by atoms with van der Waals surface area (Å²) < 4.78 is 31.3. The number of nitrogens with zero attached hydrogens (tertiary/aromatic N) is 3. The van der Waals surface area contributed by atoms with Gasteiger partial charge in [-0.25, -0.2) is 23.7 Å². The Labute approximate surface area is 112 Å². The maximum atomic E-state index is 13.1. The molecule has 0 aliphatic carbocycles. The molecule has 0 saturated carbocycles. The Morgan fingerprint density at radius 2 is 1.85 bits per heavy atom. The highest BCUT2D eigenvalue weighted by Crippen LogP contribution is 2.24. The van der Waals surface area contributed by atoms with Gasteiger partial charge in [0.2, 0.25) is 5.88 Å². The van der Waals surface area contributed by atoms with Crippen molar-refractivity contribution in [1.82, 2.24) is 15.0 Å². The first-order valence-corrected chi connectivity index (χ1v) is 5.63. The van der Waals surface area contributed by atoms with Crippen molar-refractivity contribution < 1.29 is 13.5 Å². The predicted molar refractivity (Wildman–Crippen MR) is 68.2 cm³/mol. The average molecular weight is 274 g/mol. The molecule has 0 saturated heterocycles. The molecule has 3 rings (SSSR count). The molecule has 2 aromatic heterocycles. The van der Waals surface area contributed by atoms with Gasteiger partial charge in [-0.15, -0.1) is 0 Å². The van der Waals surface area contributed by atoms with Gasteiger partial charge in [-0.1, -0.05) is 0 Å². The molecule has 7 heteroatoms. The maximum Gasteiger partial charge on any atom is 0.220 e. The van der Waals surface area contributed by atoms with Crippen LogP contribution in [0.5, 0.6) is 11.6 Å². The van der Waals surface area contributed by atoms with E-state index in [9.17, 15) is 8.78 Å². The topological polar surface area (TPSA) is 73.9 Å². The number of halogens is 2. The summed E-state index contributed by atoms with van der Waals surface area (Å²) in [5.41, 5.74) is 6.63. The number of rotatable bonds is 2. The minimum absolute atomic E-state index is 0.131. The summed E-state index contributed by atoms with van der Waals surface area (Å²) in [5, 5.41) is 0.